The number of nitrogens with one attached hydrogen (secondary N) is 1. The number of carbonyl (C=O) groups excluding carboxylic acids is 2. The normalized spacial score (nSPS) is 13.0. The van der Waals surface area contributed by atoms with Gasteiger partial charge in [-0.3, -0.25) is 9.59 Å². The van der Waals surface area contributed by atoms with Crippen LogP contribution in [0.3, 0.4) is 0 Å². The second-order valence-corrected chi connectivity index (χ2v) is 17.1. The fraction of sp³-hybridized carbons (Fsp3) is 0.846. The van der Waals surface area contributed by atoms with Crippen molar-refractivity contribution in [2.45, 2.75) is 270 Å². The molecule has 340 valence electrons. The van der Waals surface area contributed by atoms with E-state index >= 15 is 0 Å². The first-order valence-electron chi connectivity index (χ1n) is 25.2. The van der Waals surface area contributed by atoms with Crippen molar-refractivity contribution in [1.82, 2.24) is 5.32 Å². The zero-order valence-electron chi connectivity index (χ0n) is 38.5. The highest BCUT2D eigenvalue weighted by atomic mass is 16.5. The predicted molar refractivity (Wildman–Crippen MR) is 250 cm³/mol. The van der Waals surface area contributed by atoms with Crippen LogP contribution in [-0.2, 0) is 14.3 Å². The van der Waals surface area contributed by atoms with Gasteiger partial charge in [-0.15, -0.1) is 0 Å². The molecule has 0 aliphatic rings. The number of ether oxygens (including phenoxy) is 1. The molecule has 0 fully saturated rings. The molecule has 0 aromatic heterocycles. The van der Waals surface area contributed by atoms with Gasteiger partial charge in [-0.05, 0) is 83.5 Å². The molecule has 6 heteroatoms. The van der Waals surface area contributed by atoms with E-state index in [1.165, 1.54) is 135 Å². The summed E-state index contributed by atoms with van der Waals surface area (Å²) in [4.78, 5) is 24.4. The quantitative estimate of drug-likeness (QED) is 0.0323. The van der Waals surface area contributed by atoms with Gasteiger partial charge in [0.05, 0.1) is 25.4 Å². The molecule has 0 aromatic carbocycles. The molecule has 0 heterocycles. The minimum absolute atomic E-state index is 0.0392. The molecule has 0 radical (unpaired) electrons. The fourth-order valence-electron chi connectivity index (χ4n) is 7.49. The van der Waals surface area contributed by atoms with E-state index in [1.807, 2.05) is 0 Å². The zero-order valence-corrected chi connectivity index (χ0v) is 38.5. The Kier molecular flexibility index (Phi) is 46.2. The summed E-state index contributed by atoms with van der Waals surface area (Å²) in [5.74, 6) is -0.105. The smallest absolute Gasteiger partial charge is 0.305 e. The van der Waals surface area contributed by atoms with Crippen molar-refractivity contribution in [3.8, 4) is 0 Å². The Balaban J connectivity index is 3.52. The van der Waals surface area contributed by atoms with Gasteiger partial charge < -0.3 is 20.3 Å². The molecule has 0 rings (SSSR count). The lowest BCUT2D eigenvalue weighted by molar-refractivity contribution is -0.143. The summed E-state index contributed by atoms with van der Waals surface area (Å²) < 4.78 is 5.44. The van der Waals surface area contributed by atoms with E-state index in [-0.39, 0.29) is 18.5 Å². The second-order valence-electron chi connectivity index (χ2n) is 17.1. The first kappa shape index (κ1) is 56.1. The number of hydrogen-bond donors (Lipinski definition) is 3. The van der Waals surface area contributed by atoms with Crippen LogP contribution >= 0.6 is 0 Å². The Morgan fingerprint density at radius 2 is 0.862 bits per heavy atom. The van der Waals surface area contributed by atoms with E-state index in [0.717, 1.165) is 89.9 Å². The molecule has 1 amide bonds. The molecule has 3 N–H and O–H groups in total. The van der Waals surface area contributed by atoms with Gasteiger partial charge in [-0.1, -0.05) is 198 Å². The maximum atomic E-state index is 12.4. The lowest BCUT2D eigenvalue weighted by atomic mass is 10.0. The third kappa shape index (κ3) is 43.7. The van der Waals surface area contributed by atoms with Crippen LogP contribution in [0, 0.1) is 0 Å². The van der Waals surface area contributed by atoms with E-state index in [1.54, 1.807) is 0 Å². The Labute approximate surface area is 360 Å². The summed E-state index contributed by atoms with van der Waals surface area (Å²) in [7, 11) is 0. The highest BCUT2D eigenvalue weighted by molar-refractivity contribution is 5.76. The lowest BCUT2D eigenvalue weighted by Crippen LogP contribution is -2.45. The van der Waals surface area contributed by atoms with Crippen molar-refractivity contribution in [3.63, 3.8) is 0 Å². The molecule has 0 aliphatic heterocycles. The van der Waals surface area contributed by atoms with Crippen molar-refractivity contribution in [1.29, 1.82) is 0 Å². The van der Waals surface area contributed by atoms with Gasteiger partial charge in [-0.2, -0.15) is 0 Å². The van der Waals surface area contributed by atoms with Gasteiger partial charge in [0, 0.05) is 12.8 Å². The number of allylic oxidation sites excluding steroid dienone is 6. The molecule has 0 aromatic rings. The molecule has 2 unspecified atom stereocenters. The molecule has 58 heavy (non-hydrogen) atoms. The molecule has 0 saturated carbocycles. The summed E-state index contributed by atoms with van der Waals surface area (Å²) in [6, 6.07) is -0.562. The summed E-state index contributed by atoms with van der Waals surface area (Å²) in [6.07, 6.45) is 56.8. The number of esters is 1. The summed E-state index contributed by atoms with van der Waals surface area (Å²) in [5, 5.41) is 23.1. The summed E-state index contributed by atoms with van der Waals surface area (Å²) in [5.41, 5.74) is 0. The number of aliphatic hydroxyl groups is 2. The third-order valence-corrected chi connectivity index (χ3v) is 11.4. The van der Waals surface area contributed by atoms with E-state index in [4.69, 9.17) is 4.74 Å². The van der Waals surface area contributed by atoms with E-state index in [2.05, 4.69) is 55.6 Å². The first-order chi connectivity index (χ1) is 28.5. The second kappa shape index (κ2) is 47.8. The molecule has 0 bridgehead atoms. The predicted octanol–water partition coefficient (Wildman–Crippen LogP) is 14.9. The highest BCUT2D eigenvalue weighted by Gasteiger charge is 2.20. The molecule has 0 aliphatic carbocycles. The summed E-state index contributed by atoms with van der Waals surface area (Å²) >= 11 is 0. The van der Waals surface area contributed by atoms with Crippen molar-refractivity contribution in [2.24, 2.45) is 0 Å². The molecular weight excluding hydrogens is 719 g/mol. The average Bonchev–Trinajstić information content (AvgIpc) is 3.22. The zero-order chi connectivity index (χ0) is 42.3. The number of aliphatic hydroxyl groups excluding tert-OH is 2. The van der Waals surface area contributed by atoms with Gasteiger partial charge in [-0.25, -0.2) is 0 Å². The van der Waals surface area contributed by atoms with Crippen molar-refractivity contribution < 1.29 is 24.5 Å². The van der Waals surface area contributed by atoms with Crippen LogP contribution in [0.5, 0.6) is 0 Å². The van der Waals surface area contributed by atoms with Crippen LogP contribution in [0.1, 0.15) is 258 Å². The van der Waals surface area contributed by atoms with Gasteiger partial charge >= 0.3 is 5.97 Å². The monoisotopic (exact) mass is 816 g/mol. The van der Waals surface area contributed by atoms with Gasteiger partial charge in [0.25, 0.3) is 0 Å². The third-order valence-electron chi connectivity index (χ3n) is 11.4. The highest BCUT2D eigenvalue weighted by Crippen LogP contribution is 2.15. The van der Waals surface area contributed by atoms with Gasteiger partial charge in [0.2, 0.25) is 5.91 Å². The first-order valence-corrected chi connectivity index (χ1v) is 25.2. The van der Waals surface area contributed by atoms with Gasteiger partial charge in [0.1, 0.15) is 0 Å². The Hall–Kier alpha value is -1.92. The standard InChI is InChI=1S/C52H97NO5/c1-3-5-7-9-11-13-15-17-18-19-20-21-22-26-30-34-38-42-46-52(57)58-47-43-39-35-31-27-23-25-29-33-37-41-45-51(56)53-49(48-54)50(55)44-40-36-32-28-24-16-14-12-10-8-6-4-2/h13,15,18-19,27,31,49-50,54-55H,3-12,14,16-17,20-26,28-30,32-48H2,1-2H3,(H,53,56)/b15-13-,19-18-,31-27-. The SMILES string of the molecule is CCCCCC/C=C\C/C=C\CCCCCCCCCC(=O)OCCCC/C=C\CCCCCCCC(=O)NC(CO)C(O)CCCCCCCCCCCCCC. The maximum Gasteiger partial charge on any atom is 0.305 e. The molecule has 0 saturated heterocycles. The topological polar surface area (TPSA) is 95.9 Å². The van der Waals surface area contributed by atoms with Crippen LogP contribution in [0.2, 0.25) is 0 Å². The van der Waals surface area contributed by atoms with Crippen LogP contribution in [0.25, 0.3) is 0 Å². The average molecular weight is 816 g/mol. The lowest BCUT2D eigenvalue weighted by Gasteiger charge is -2.22. The Morgan fingerprint density at radius 3 is 1.34 bits per heavy atom. The van der Waals surface area contributed by atoms with Gasteiger partial charge in [0.15, 0.2) is 0 Å². The number of rotatable bonds is 46. The Morgan fingerprint density at radius 1 is 0.483 bits per heavy atom. The number of amides is 1. The number of carbonyl (C=O) groups is 2. The minimum Gasteiger partial charge on any atom is -0.466 e. The molecule has 2 atom stereocenters. The number of unbranched alkanes of at least 4 members (excludes halogenated alkanes) is 29. The van der Waals surface area contributed by atoms with E-state index in [9.17, 15) is 19.8 Å². The fourth-order valence-corrected chi connectivity index (χ4v) is 7.49. The van der Waals surface area contributed by atoms with Crippen LogP contribution in [0.15, 0.2) is 36.5 Å². The molecule has 0 spiro atoms. The molecule has 6 nitrogen and oxygen atoms in total. The van der Waals surface area contributed by atoms with E-state index in [0.29, 0.717) is 25.9 Å². The van der Waals surface area contributed by atoms with E-state index < -0.39 is 12.1 Å². The minimum atomic E-state index is -0.682. The van der Waals surface area contributed by atoms with Crippen molar-refractivity contribution in [3.05, 3.63) is 36.5 Å². The summed E-state index contributed by atoms with van der Waals surface area (Å²) in [6.45, 7) is 4.84. The van der Waals surface area contributed by atoms with Crippen molar-refractivity contribution in [2.75, 3.05) is 13.2 Å². The molecular formula is C52H97NO5. The van der Waals surface area contributed by atoms with Crippen LogP contribution < -0.4 is 5.32 Å². The Bertz CT molecular complexity index is 946. The van der Waals surface area contributed by atoms with Crippen molar-refractivity contribution >= 4 is 11.9 Å². The maximum absolute atomic E-state index is 12.4. The largest absolute Gasteiger partial charge is 0.466 e. The van der Waals surface area contributed by atoms with Crippen LogP contribution in [-0.4, -0.2) is 47.4 Å². The van der Waals surface area contributed by atoms with Crippen LogP contribution in [0.4, 0.5) is 0 Å². The number of hydrogen-bond acceptors (Lipinski definition) is 5.